The van der Waals surface area contributed by atoms with Crippen molar-refractivity contribution in [3.8, 4) is 0 Å². The number of urea groups is 1. The van der Waals surface area contributed by atoms with Gasteiger partial charge in [0.05, 0.1) is 5.57 Å². The predicted octanol–water partition coefficient (Wildman–Crippen LogP) is 2.17. The average molecular weight is 254 g/mol. The van der Waals surface area contributed by atoms with Gasteiger partial charge in [-0.15, -0.1) is 0 Å². The summed E-state index contributed by atoms with van der Waals surface area (Å²) >= 11 is 0. The maximum Gasteiger partial charge on any atom is 0.341 e. The van der Waals surface area contributed by atoms with E-state index in [1.54, 1.807) is 11.8 Å². The van der Waals surface area contributed by atoms with Gasteiger partial charge in [0.25, 0.3) is 0 Å². The molecule has 1 aliphatic heterocycles. The van der Waals surface area contributed by atoms with Crippen LogP contribution in [0.1, 0.15) is 46.0 Å². The molecule has 0 unspecified atom stereocenters. The van der Waals surface area contributed by atoms with Gasteiger partial charge in [-0.2, -0.15) is 0 Å². The number of nitrogens with two attached hydrogens (primary N) is 1. The molecular weight excluding hydrogens is 232 g/mol. The number of amides is 2. The molecule has 18 heavy (non-hydrogen) atoms. The zero-order valence-corrected chi connectivity index (χ0v) is 11.1. The third-order valence-corrected chi connectivity index (χ3v) is 3.30. The number of nitrogens with zero attached hydrogens (tertiary/aromatic N) is 1. The number of cyclic esters (lactones) is 1. The highest BCUT2D eigenvalue weighted by molar-refractivity contribution is 5.92. The molecule has 0 atom stereocenters. The number of primary amides is 1. The van der Waals surface area contributed by atoms with Crippen LogP contribution in [0.3, 0.4) is 0 Å². The van der Waals surface area contributed by atoms with Gasteiger partial charge in [0.1, 0.15) is 6.26 Å². The first-order valence-corrected chi connectivity index (χ1v) is 6.50. The van der Waals surface area contributed by atoms with E-state index in [1.807, 2.05) is 6.92 Å². The van der Waals surface area contributed by atoms with Crippen molar-refractivity contribution in [2.24, 2.45) is 5.73 Å². The predicted molar refractivity (Wildman–Crippen MR) is 68.7 cm³/mol. The Morgan fingerprint density at radius 1 is 1.44 bits per heavy atom. The molecule has 5 nitrogen and oxygen atoms in total. The number of rotatable bonds is 2. The molecule has 0 aromatic rings. The number of esters is 1. The van der Waals surface area contributed by atoms with Gasteiger partial charge < -0.3 is 15.4 Å². The van der Waals surface area contributed by atoms with E-state index in [0.717, 1.165) is 19.4 Å². The summed E-state index contributed by atoms with van der Waals surface area (Å²) in [5.74, 6) is -0.199. The minimum Gasteiger partial charge on any atom is -0.430 e. The molecule has 0 aromatic heterocycles. The van der Waals surface area contributed by atoms with Gasteiger partial charge in [0.2, 0.25) is 0 Å². The summed E-state index contributed by atoms with van der Waals surface area (Å²) in [7, 11) is 0. The van der Waals surface area contributed by atoms with Gasteiger partial charge >= 0.3 is 12.0 Å². The zero-order chi connectivity index (χ0) is 13.5. The van der Waals surface area contributed by atoms with E-state index in [4.69, 9.17) is 5.73 Å². The van der Waals surface area contributed by atoms with Crippen LogP contribution in [0.2, 0.25) is 0 Å². The molecular formula is C13H22N2O3. The van der Waals surface area contributed by atoms with Gasteiger partial charge in [-0.3, -0.25) is 0 Å². The lowest BCUT2D eigenvalue weighted by Crippen LogP contribution is -2.44. The van der Waals surface area contributed by atoms with Crippen molar-refractivity contribution in [2.75, 3.05) is 6.54 Å². The molecule has 0 aromatic carbocycles. The van der Waals surface area contributed by atoms with Gasteiger partial charge in [0.15, 0.2) is 0 Å². The Hall–Kier alpha value is -1.52. The quantitative estimate of drug-likeness (QED) is 0.767. The summed E-state index contributed by atoms with van der Waals surface area (Å²) in [6.07, 6.45) is 7.51. The van der Waals surface area contributed by atoms with E-state index in [9.17, 15) is 9.59 Å². The first-order valence-electron chi connectivity index (χ1n) is 6.50. The fraction of sp³-hybridized carbons (Fsp3) is 0.692. The van der Waals surface area contributed by atoms with Crippen LogP contribution >= 0.6 is 0 Å². The second-order valence-electron chi connectivity index (χ2n) is 4.62. The highest BCUT2D eigenvalue weighted by Gasteiger charge is 2.21. The third-order valence-electron chi connectivity index (χ3n) is 3.30. The summed E-state index contributed by atoms with van der Waals surface area (Å²) in [6, 6.07) is 0.158. The molecule has 0 bridgehead atoms. The molecule has 0 spiro atoms. The van der Waals surface area contributed by atoms with Crippen LogP contribution < -0.4 is 5.73 Å². The Labute approximate surface area is 108 Å². The molecule has 2 rings (SSSR count). The SMILES string of the molecule is CC1=COC1=O.CCN(C(N)=O)C1CCCCC1. The lowest BCUT2D eigenvalue weighted by Gasteiger charge is -2.32. The van der Waals surface area contributed by atoms with Crippen molar-refractivity contribution < 1.29 is 14.3 Å². The molecule has 1 saturated carbocycles. The summed E-state index contributed by atoms with van der Waals surface area (Å²) in [5.41, 5.74) is 5.97. The molecule has 102 valence electrons. The van der Waals surface area contributed by atoms with E-state index in [1.165, 1.54) is 25.5 Å². The maximum absolute atomic E-state index is 11.0. The van der Waals surface area contributed by atoms with Crippen molar-refractivity contribution in [1.29, 1.82) is 0 Å². The zero-order valence-electron chi connectivity index (χ0n) is 11.1. The summed E-state index contributed by atoms with van der Waals surface area (Å²) in [6.45, 7) is 4.45. The Bertz CT molecular complexity index is 333. The lowest BCUT2D eigenvalue weighted by atomic mass is 9.94. The van der Waals surface area contributed by atoms with Crippen LogP contribution in [0.15, 0.2) is 11.8 Å². The summed E-state index contributed by atoms with van der Waals surface area (Å²) < 4.78 is 4.24. The van der Waals surface area contributed by atoms with Crippen molar-refractivity contribution in [1.82, 2.24) is 4.90 Å². The molecule has 2 amide bonds. The number of carbonyl (C=O) groups excluding carboxylic acids is 2. The van der Waals surface area contributed by atoms with Gasteiger partial charge in [0, 0.05) is 12.6 Å². The van der Waals surface area contributed by atoms with Gasteiger partial charge in [-0.25, -0.2) is 9.59 Å². The molecule has 2 N–H and O–H groups in total. The average Bonchev–Trinajstić information content (AvgIpc) is 2.39. The van der Waals surface area contributed by atoms with Gasteiger partial charge in [-0.1, -0.05) is 19.3 Å². The molecule has 1 aliphatic carbocycles. The van der Waals surface area contributed by atoms with Crippen LogP contribution in [0.5, 0.6) is 0 Å². The Balaban J connectivity index is 0.000000225. The topological polar surface area (TPSA) is 72.6 Å². The standard InChI is InChI=1S/C9H18N2O.C4H4O2/c1-2-11(9(10)12)8-6-4-3-5-7-8;1-3-2-6-4(3)5/h8H,2-7H2,1H3,(H2,10,12);2H,1H3. The Kier molecular flexibility index (Phi) is 5.68. The van der Waals surface area contributed by atoms with E-state index in [0.29, 0.717) is 11.6 Å². The molecule has 1 heterocycles. The van der Waals surface area contributed by atoms with Crippen LogP contribution in [0, 0.1) is 0 Å². The number of hydrogen-bond donors (Lipinski definition) is 1. The van der Waals surface area contributed by atoms with E-state index in [-0.39, 0.29) is 12.0 Å². The molecule has 2 aliphatic rings. The highest BCUT2D eigenvalue weighted by Crippen LogP contribution is 2.21. The van der Waals surface area contributed by atoms with Crippen molar-refractivity contribution in [2.45, 2.75) is 52.0 Å². The number of ether oxygens (including phenoxy) is 1. The fourth-order valence-electron chi connectivity index (χ4n) is 2.21. The van der Waals surface area contributed by atoms with Crippen LogP contribution in [0.4, 0.5) is 4.79 Å². The van der Waals surface area contributed by atoms with Crippen LogP contribution in [-0.4, -0.2) is 29.5 Å². The Morgan fingerprint density at radius 3 is 2.28 bits per heavy atom. The minimum absolute atomic E-state index is 0.199. The first kappa shape index (κ1) is 14.5. The fourth-order valence-corrected chi connectivity index (χ4v) is 2.21. The minimum atomic E-state index is -0.260. The van der Waals surface area contributed by atoms with E-state index in [2.05, 4.69) is 4.74 Å². The summed E-state index contributed by atoms with van der Waals surface area (Å²) in [4.78, 5) is 22.7. The maximum atomic E-state index is 11.0. The molecule has 1 fully saturated rings. The van der Waals surface area contributed by atoms with Crippen molar-refractivity contribution in [3.05, 3.63) is 11.8 Å². The molecule has 5 heteroatoms. The number of carbonyl (C=O) groups is 2. The van der Waals surface area contributed by atoms with Crippen LogP contribution in [0.25, 0.3) is 0 Å². The van der Waals surface area contributed by atoms with E-state index < -0.39 is 0 Å². The second kappa shape index (κ2) is 7.03. The Morgan fingerprint density at radius 2 is 2.00 bits per heavy atom. The molecule has 0 radical (unpaired) electrons. The van der Waals surface area contributed by atoms with Crippen molar-refractivity contribution >= 4 is 12.0 Å². The lowest BCUT2D eigenvalue weighted by molar-refractivity contribution is -0.138. The van der Waals surface area contributed by atoms with Gasteiger partial charge in [-0.05, 0) is 26.7 Å². The first-order chi connectivity index (χ1) is 8.56. The largest absolute Gasteiger partial charge is 0.430 e. The smallest absolute Gasteiger partial charge is 0.341 e. The summed E-state index contributed by atoms with van der Waals surface area (Å²) in [5, 5.41) is 0. The number of hydrogen-bond acceptors (Lipinski definition) is 3. The third kappa shape index (κ3) is 4.05. The molecule has 0 saturated heterocycles. The van der Waals surface area contributed by atoms with Crippen molar-refractivity contribution in [3.63, 3.8) is 0 Å². The van der Waals surface area contributed by atoms with E-state index >= 15 is 0 Å². The van der Waals surface area contributed by atoms with Crippen LogP contribution in [-0.2, 0) is 9.53 Å². The highest BCUT2D eigenvalue weighted by atomic mass is 16.5. The second-order valence-corrected chi connectivity index (χ2v) is 4.62. The normalized spacial score (nSPS) is 18.8. The monoisotopic (exact) mass is 254 g/mol.